The highest BCUT2D eigenvalue weighted by atomic mass is 32.2. The first kappa shape index (κ1) is 18.5. The molecule has 0 spiro atoms. The number of rotatable bonds is 6. The van der Waals surface area contributed by atoms with Crippen molar-refractivity contribution in [1.29, 1.82) is 0 Å². The summed E-state index contributed by atoms with van der Waals surface area (Å²) in [4.78, 5) is 12.0. The van der Waals surface area contributed by atoms with Crippen LogP contribution in [0, 0.1) is 6.92 Å². The molecule has 24 heavy (non-hydrogen) atoms. The van der Waals surface area contributed by atoms with E-state index in [0.29, 0.717) is 30.9 Å². The third kappa shape index (κ3) is 4.58. The Bertz CT molecular complexity index is 707. The van der Waals surface area contributed by atoms with Gasteiger partial charge >= 0.3 is 0 Å². The fourth-order valence-corrected chi connectivity index (χ4v) is 4.36. The van der Waals surface area contributed by atoms with Crippen LogP contribution < -0.4 is 5.32 Å². The maximum atomic E-state index is 12.8. The van der Waals surface area contributed by atoms with Crippen LogP contribution in [0.15, 0.2) is 35.4 Å². The molecule has 0 unspecified atom stereocenters. The van der Waals surface area contributed by atoms with E-state index in [1.54, 1.807) is 19.1 Å². The van der Waals surface area contributed by atoms with Crippen molar-refractivity contribution < 1.29 is 17.9 Å². The van der Waals surface area contributed by atoms with Crippen LogP contribution >= 0.6 is 0 Å². The topological polar surface area (TPSA) is 75.7 Å². The smallest absolute Gasteiger partial charge is 0.251 e. The molecule has 1 fully saturated rings. The second-order valence-corrected chi connectivity index (χ2v) is 7.60. The monoisotopic (exact) mass is 352 g/mol. The minimum atomic E-state index is -3.53. The summed E-state index contributed by atoms with van der Waals surface area (Å²) in [5, 5.41) is 2.65. The van der Waals surface area contributed by atoms with Gasteiger partial charge in [-0.3, -0.25) is 4.79 Å². The van der Waals surface area contributed by atoms with Crippen molar-refractivity contribution in [2.45, 2.75) is 38.0 Å². The van der Waals surface area contributed by atoms with Gasteiger partial charge in [0.05, 0.1) is 17.8 Å². The zero-order valence-corrected chi connectivity index (χ0v) is 14.9. The summed E-state index contributed by atoms with van der Waals surface area (Å²) >= 11 is 0. The molecule has 0 saturated carbocycles. The Balaban J connectivity index is 2.20. The van der Waals surface area contributed by atoms with E-state index >= 15 is 0 Å². The van der Waals surface area contributed by atoms with Crippen LogP contribution in [0.4, 0.5) is 5.69 Å². The van der Waals surface area contributed by atoms with Crippen LogP contribution in [0.1, 0.15) is 31.7 Å². The molecule has 1 amide bonds. The lowest BCUT2D eigenvalue weighted by molar-refractivity contribution is -0.112. The summed E-state index contributed by atoms with van der Waals surface area (Å²) < 4.78 is 32.2. The van der Waals surface area contributed by atoms with Crippen LogP contribution in [-0.2, 0) is 19.6 Å². The van der Waals surface area contributed by atoms with E-state index in [4.69, 9.17) is 4.74 Å². The Morgan fingerprint density at radius 3 is 2.67 bits per heavy atom. The number of carbonyl (C=O) groups excluding carboxylic acids is 1. The van der Waals surface area contributed by atoms with Gasteiger partial charge in [0.2, 0.25) is 10.0 Å². The highest BCUT2D eigenvalue weighted by molar-refractivity contribution is 7.89. The number of anilines is 1. The number of amides is 1. The lowest BCUT2D eigenvalue weighted by Gasteiger charge is -2.26. The van der Waals surface area contributed by atoms with Crippen molar-refractivity contribution in [3.05, 3.63) is 36.1 Å². The van der Waals surface area contributed by atoms with Crippen molar-refractivity contribution in [3.8, 4) is 0 Å². The number of benzene rings is 1. The molecule has 7 heteroatoms. The average Bonchev–Trinajstić information content (AvgIpc) is 2.57. The molecule has 1 aromatic rings. The zero-order chi connectivity index (χ0) is 17.6. The molecule has 6 nitrogen and oxygen atoms in total. The quantitative estimate of drug-likeness (QED) is 0.631. The Kier molecular flexibility index (Phi) is 6.39. The third-order valence-electron chi connectivity index (χ3n) is 3.87. The van der Waals surface area contributed by atoms with Gasteiger partial charge in [0.15, 0.2) is 0 Å². The Morgan fingerprint density at radius 2 is 2.00 bits per heavy atom. The van der Waals surface area contributed by atoms with Gasteiger partial charge in [-0.25, -0.2) is 8.42 Å². The second kappa shape index (κ2) is 8.30. The molecule has 0 bridgehead atoms. The minimum Gasteiger partial charge on any atom is -0.501 e. The molecule has 1 N–H and O–H groups in total. The average molecular weight is 352 g/mol. The number of hydrogen-bond acceptors (Lipinski definition) is 4. The normalized spacial score (nSPS) is 16.2. The van der Waals surface area contributed by atoms with E-state index in [1.165, 1.54) is 22.7 Å². The largest absolute Gasteiger partial charge is 0.501 e. The second-order valence-electron chi connectivity index (χ2n) is 5.69. The molecular formula is C17H24N2O4S. The summed E-state index contributed by atoms with van der Waals surface area (Å²) in [6.07, 6.45) is 5.41. The van der Waals surface area contributed by atoms with E-state index in [0.717, 1.165) is 19.3 Å². The van der Waals surface area contributed by atoms with Crippen LogP contribution in [0.2, 0.25) is 0 Å². The number of aryl methyl sites for hydroxylation is 1. The number of nitrogens with zero attached hydrogens (tertiary/aromatic N) is 1. The van der Waals surface area contributed by atoms with E-state index in [1.807, 2.05) is 6.92 Å². The molecule has 0 aromatic heterocycles. The Morgan fingerprint density at radius 1 is 1.29 bits per heavy atom. The molecule has 132 valence electrons. The predicted octanol–water partition coefficient (Wildman–Crippen LogP) is 2.66. The minimum absolute atomic E-state index is 0.246. The molecule has 1 saturated heterocycles. The summed E-state index contributed by atoms with van der Waals surface area (Å²) in [7, 11) is -3.53. The van der Waals surface area contributed by atoms with E-state index in [9.17, 15) is 13.2 Å². The number of carbonyl (C=O) groups is 1. The molecule has 2 rings (SSSR count). The highest BCUT2D eigenvalue weighted by Gasteiger charge is 2.27. The third-order valence-corrected chi connectivity index (χ3v) is 5.91. The fraction of sp³-hybridized carbons (Fsp3) is 0.471. The van der Waals surface area contributed by atoms with Gasteiger partial charge in [0.25, 0.3) is 5.91 Å². The fourth-order valence-electron chi connectivity index (χ4n) is 2.59. The van der Waals surface area contributed by atoms with Crippen LogP contribution in [0.25, 0.3) is 0 Å². The van der Waals surface area contributed by atoms with Gasteiger partial charge < -0.3 is 10.1 Å². The van der Waals surface area contributed by atoms with Gasteiger partial charge in [-0.05, 0) is 44.4 Å². The molecule has 0 atom stereocenters. The summed E-state index contributed by atoms with van der Waals surface area (Å²) in [6.45, 7) is 5.16. The van der Waals surface area contributed by atoms with Crippen LogP contribution in [-0.4, -0.2) is 38.3 Å². The van der Waals surface area contributed by atoms with E-state index < -0.39 is 10.0 Å². The number of sulfonamides is 1. The van der Waals surface area contributed by atoms with Crippen molar-refractivity contribution in [3.63, 3.8) is 0 Å². The SMILES string of the molecule is CCOC=CC(=O)Nc1ccc(C)c(S(=O)(=O)N2CCCCC2)c1. The maximum Gasteiger partial charge on any atom is 0.251 e. The van der Waals surface area contributed by atoms with Crippen molar-refractivity contribution in [1.82, 2.24) is 4.31 Å². The Hall–Kier alpha value is -1.86. The number of nitrogens with one attached hydrogen (secondary N) is 1. The predicted molar refractivity (Wildman–Crippen MR) is 93.2 cm³/mol. The molecule has 0 aliphatic carbocycles. The maximum absolute atomic E-state index is 12.8. The molecule has 1 heterocycles. The Labute approximate surface area is 143 Å². The van der Waals surface area contributed by atoms with Gasteiger partial charge in [-0.15, -0.1) is 0 Å². The van der Waals surface area contributed by atoms with Crippen molar-refractivity contribution in [2.75, 3.05) is 25.0 Å². The first-order chi connectivity index (χ1) is 11.4. The summed E-state index contributed by atoms with van der Waals surface area (Å²) in [5.41, 5.74) is 1.12. The lowest BCUT2D eigenvalue weighted by atomic mass is 10.2. The van der Waals surface area contributed by atoms with Gasteiger partial charge in [0.1, 0.15) is 0 Å². The molecule has 0 radical (unpaired) electrons. The zero-order valence-electron chi connectivity index (χ0n) is 14.1. The lowest BCUT2D eigenvalue weighted by Crippen LogP contribution is -2.36. The number of piperidine rings is 1. The van der Waals surface area contributed by atoms with Gasteiger partial charge in [0, 0.05) is 24.9 Å². The van der Waals surface area contributed by atoms with E-state index in [-0.39, 0.29) is 10.8 Å². The van der Waals surface area contributed by atoms with Crippen LogP contribution in [0.3, 0.4) is 0 Å². The standard InChI is InChI=1S/C17H24N2O4S/c1-3-23-12-9-17(20)18-15-8-7-14(2)16(13-15)24(21,22)19-10-5-4-6-11-19/h7-9,12-13H,3-6,10-11H2,1-2H3,(H,18,20). The molecule has 1 aliphatic heterocycles. The molecule has 1 aromatic carbocycles. The summed E-state index contributed by atoms with van der Waals surface area (Å²) in [6, 6.07) is 4.92. The van der Waals surface area contributed by atoms with E-state index in [2.05, 4.69) is 5.32 Å². The first-order valence-electron chi connectivity index (χ1n) is 8.15. The van der Waals surface area contributed by atoms with Gasteiger partial charge in [-0.1, -0.05) is 12.5 Å². The molecule has 1 aliphatic rings. The van der Waals surface area contributed by atoms with Gasteiger partial charge in [-0.2, -0.15) is 4.31 Å². The highest BCUT2D eigenvalue weighted by Crippen LogP contribution is 2.26. The van der Waals surface area contributed by atoms with Crippen molar-refractivity contribution in [2.24, 2.45) is 0 Å². The van der Waals surface area contributed by atoms with Crippen molar-refractivity contribution >= 4 is 21.6 Å². The summed E-state index contributed by atoms with van der Waals surface area (Å²) in [5.74, 6) is -0.367. The molecular weight excluding hydrogens is 328 g/mol. The number of hydrogen-bond donors (Lipinski definition) is 1. The first-order valence-corrected chi connectivity index (χ1v) is 9.59. The number of ether oxygens (including phenoxy) is 1. The van der Waals surface area contributed by atoms with Crippen LogP contribution in [0.5, 0.6) is 0 Å².